The molecule has 0 spiro atoms. The Balaban J connectivity index is 0.000000284. The molecule has 0 N–H and O–H groups in total. The second-order valence-electron chi connectivity index (χ2n) is 5.76. The van der Waals surface area contributed by atoms with Gasteiger partial charge in [-0.2, -0.15) is 10.5 Å². The molecule has 2 aliphatic carbocycles. The van der Waals surface area contributed by atoms with Crippen LogP contribution in [-0.4, -0.2) is 10.5 Å². The predicted molar refractivity (Wildman–Crippen MR) is 77.6 cm³/mol. The van der Waals surface area contributed by atoms with Crippen molar-refractivity contribution in [2.75, 3.05) is 0 Å². The second-order valence-corrected chi connectivity index (χ2v) is 7.10. The van der Waals surface area contributed by atoms with Crippen molar-refractivity contribution in [3.63, 3.8) is 0 Å². The van der Waals surface area contributed by atoms with Gasteiger partial charge in [-0.15, -0.1) is 0 Å². The first-order valence-corrected chi connectivity index (χ1v) is 7.83. The summed E-state index contributed by atoms with van der Waals surface area (Å²) in [5.74, 6) is 1.91. The molecule has 0 aliphatic heterocycles. The molecule has 2 rings (SSSR count). The predicted octanol–water partition coefficient (Wildman–Crippen LogP) is 4.22. The molecule has 0 aromatic carbocycles. The van der Waals surface area contributed by atoms with E-state index in [0.717, 1.165) is 11.8 Å². The molecule has 2 fully saturated rings. The van der Waals surface area contributed by atoms with Gasteiger partial charge >= 0.3 is 17.1 Å². The van der Waals surface area contributed by atoms with E-state index in [0.29, 0.717) is 10.5 Å². The van der Waals surface area contributed by atoms with Crippen molar-refractivity contribution in [1.29, 1.82) is 0 Å². The normalized spacial score (nSPS) is 37.4. The third-order valence-electron chi connectivity index (χ3n) is 3.93. The molecule has 0 amide bonds. The first-order valence-electron chi connectivity index (χ1n) is 6.89. The van der Waals surface area contributed by atoms with E-state index in [1.807, 2.05) is 0 Å². The standard InChI is InChI=1S/2C7H14S.Cu/c2*1-6-2-4-7(8)5-3-6;/h2*6-8H,2-5H2,1H3;/q;;+2/p-2. The van der Waals surface area contributed by atoms with Gasteiger partial charge in [-0.3, -0.25) is 0 Å². The summed E-state index contributed by atoms with van der Waals surface area (Å²) in [6.07, 6.45) is 10.6. The van der Waals surface area contributed by atoms with Gasteiger partial charge in [0, 0.05) is 0 Å². The van der Waals surface area contributed by atoms with Crippen molar-refractivity contribution in [2.24, 2.45) is 11.8 Å². The molecular formula is C14H26CuS2. The molecule has 0 aromatic heterocycles. The van der Waals surface area contributed by atoms with Gasteiger partial charge in [0.05, 0.1) is 0 Å². The van der Waals surface area contributed by atoms with Crippen molar-refractivity contribution >= 4 is 25.3 Å². The van der Waals surface area contributed by atoms with Gasteiger partial charge < -0.3 is 25.3 Å². The van der Waals surface area contributed by atoms with E-state index in [4.69, 9.17) is 25.3 Å². The fourth-order valence-electron chi connectivity index (χ4n) is 2.46. The van der Waals surface area contributed by atoms with Crippen molar-refractivity contribution in [3.8, 4) is 0 Å². The molecule has 0 bridgehead atoms. The van der Waals surface area contributed by atoms with E-state index >= 15 is 0 Å². The number of hydrogen-bond acceptors (Lipinski definition) is 2. The van der Waals surface area contributed by atoms with Crippen LogP contribution >= 0.6 is 0 Å². The molecule has 2 saturated carbocycles. The van der Waals surface area contributed by atoms with Crippen LogP contribution in [0.4, 0.5) is 0 Å². The van der Waals surface area contributed by atoms with Gasteiger partial charge in [0.2, 0.25) is 0 Å². The van der Waals surface area contributed by atoms with Gasteiger partial charge in [0.15, 0.2) is 0 Å². The molecule has 0 atom stereocenters. The zero-order chi connectivity index (χ0) is 12.0. The summed E-state index contributed by atoms with van der Waals surface area (Å²) in [5, 5.41) is 1.21. The topological polar surface area (TPSA) is 0 Å². The summed E-state index contributed by atoms with van der Waals surface area (Å²) in [7, 11) is 0. The second kappa shape index (κ2) is 10.1. The van der Waals surface area contributed by atoms with E-state index in [1.165, 1.54) is 51.4 Å². The van der Waals surface area contributed by atoms with Crippen LogP contribution in [0.5, 0.6) is 0 Å². The Morgan fingerprint density at radius 2 is 0.824 bits per heavy atom. The fraction of sp³-hybridized carbons (Fsp3) is 1.00. The van der Waals surface area contributed by atoms with Gasteiger partial charge in [0.25, 0.3) is 0 Å². The third kappa shape index (κ3) is 8.86. The average Bonchev–Trinajstić information content (AvgIpc) is 2.28. The molecule has 105 valence electrons. The van der Waals surface area contributed by atoms with Crippen LogP contribution in [0.25, 0.3) is 0 Å². The van der Waals surface area contributed by atoms with Crippen LogP contribution in [0.15, 0.2) is 0 Å². The maximum absolute atomic E-state index is 5.14. The van der Waals surface area contributed by atoms with Crippen molar-refractivity contribution in [3.05, 3.63) is 0 Å². The van der Waals surface area contributed by atoms with E-state index in [-0.39, 0.29) is 17.1 Å². The molecule has 2 aliphatic rings. The van der Waals surface area contributed by atoms with Gasteiger partial charge in [-0.1, -0.05) is 65.2 Å². The van der Waals surface area contributed by atoms with Gasteiger partial charge in [0.1, 0.15) is 0 Å². The van der Waals surface area contributed by atoms with Gasteiger partial charge in [-0.05, 0) is 11.8 Å². The molecular weight excluding hydrogens is 296 g/mol. The Morgan fingerprint density at radius 1 is 0.588 bits per heavy atom. The molecule has 17 heavy (non-hydrogen) atoms. The monoisotopic (exact) mass is 321 g/mol. The Hall–Kier alpha value is 1.22. The Labute approximate surface area is 129 Å². The molecule has 3 heteroatoms. The largest absolute Gasteiger partial charge is 2.00 e. The minimum atomic E-state index is 0. The molecule has 1 radical (unpaired) electrons. The molecule has 0 unspecified atom stereocenters. The average molecular weight is 322 g/mol. The quantitative estimate of drug-likeness (QED) is 0.484. The first kappa shape index (κ1) is 18.2. The Morgan fingerprint density at radius 3 is 1.00 bits per heavy atom. The van der Waals surface area contributed by atoms with Crippen LogP contribution in [0.1, 0.15) is 65.2 Å². The zero-order valence-electron chi connectivity index (χ0n) is 11.1. The van der Waals surface area contributed by atoms with Gasteiger partial charge in [-0.25, -0.2) is 0 Å². The summed E-state index contributed by atoms with van der Waals surface area (Å²) < 4.78 is 0. The van der Waals surface area contributed by atoms with E-state index in [2.05, 4.69) is 13.8 Å². The zero-order valence-corrected chi connectivity index (χ0v) is 13.7. The van der Waals surface area contributed by atoms with Crippen LogP contribution in [0.3, 0.4) is 0 Å². The Bertz CT molecular complexity index is 131. The maximum atomic E-state index is 5.14. The minimum Gasteiger partial charge on any atom is -0.789 e. The van der Waals surface area contributed by atoms with Crippen LogP contribution in [-0.2, 0) is 42.3 Å². The first-order chi connectivity index (χ1) is 7.58. The van der Waals surface area contributed by atoms with Crippen LogP contribution in [0.2, 0.25) is 0 Å². The van der Waals surface area contributed by atoms with Crippen LogP contribution < -0.4 is 0 Å². The van der Waals surface area contributed by atoms with E-state index in [1.54, 1.807) is 0 Å². The van der Waals surface area contributed by atoms with Crippen molar-refractivity contribution in [1.82, 2.24) is 0 Å². The fourth-order valence-corrected chi connectivity index (χ4v) is 3.00. The van der Waals surface area contributed by atoms with E-state index < -0.39 is 0 Å². The SMILES string of the molecule is CC1CCC([S-])CC1.CC1CCC([S-])CC1.[Cu+2]. The molecule has 0 nitrogen and oxygen atoms in total. The molecule has 0 heterocycles. The number of rotatable bonds is 0. The number of hydrogen-bond donors (Lipinski definition) is 0. The Kier molecular flexibility index (Phi) is 10.8. The van der Waals surface area contributed by atoms with Crippen LogP contribution in [0, 0.1) is 11.8 Å². The summed E-state index contributed by atoms with van der Waals surface area (Å²) in [6, 6.07) is 0. The van der Waals surface area contributed by atoms with Crippen molar-refractivity contribution < 1.29 is 17.1 Å². The molecule has 0 aromatic rings. The maximum Gasteiger partial charge on any atom is 2.00 e. The van der Waals surface area contributed by atoms with E-state index in [9.17, 15) is 0 Å². The third-order valence-corrected chi connectivity index (χ3v) is 4.87. The minimum absolute atomic E-state index is 0. The summed E-state index contributed by atoms with van der Waals surface area (Å²) in [5.41, 5.74) is 0. The summed E-state index contributed by atoms with van der Waals surface area (Å²) in [4.78, 5) is 0. The smallest absolute Gasteiger partial charge is 0.789 e. The summed E-state index contributed by atoms with van der Waals surface area (Å²) in [6.45, 7) is 4.64. The summed E-state index contributed by atoms with van der Waals surface area (Å²) >= 11 is 10.3. The molecule has 0 saturated heterocycles. The van der Waals surface area contributed by atoms with Crippen molar-refractivity contribution in [2.45, 2.75) is 75.7 Å².